The molecule has 3 N–H and O–H groups in total. The molecule has 0 amide bonds. The van der Waals surface area contributed by atoms with Crippen LogP contribution >= 0.6 is 0 Å². The lowest BCUT2D eigenvalue weighted by Gasteiger charge is -2.22. The Morgan fingerprint density at radius 1 is 1.43 bits per heavy atom. The van der Waals surface area contributed by atoms with Crippen LogP contribution in [-0.4, -0.2) is 36.6 Å². The number of hydrogen-bond acceptors (Lipinski definition) is 3. The molecule has 0 aromatic rings. The van der Waals surface area contributed by atoms with Crippen molar-refractivity contribution in [1.29, 1.82) is 0 Å². The molecule has 0 rings (SSSR count). The van der Waals surface area contributed by atoms with Crippen molar-refractivity contribution < 1.29 is 23.0 Å². The Kier molecular flexibility index (Phi) is 6.06. The minimum Gasteiger partial charge on any atom is -0.394 e. The van der Waals surface area contributed by atoms with Crippen molar-refractivity contribution >= 4 is 0 Å². The lowest BCUT2D eigenvalue weighted by atomic mass is 10.1. The van der Waals surface area contributed by atoms with E-state index in [4.69, 9.17) is 10.8 Å². The molecule has 6 heteroatoms. The SMILES string of the molecule is CCCC(N)C(CO)OCC(F)(F)F. The van der Waals surface area contributed by atoms with Crippen LogP contribution in [0.15, 0.2) is 0 Å². The van der Waals surface area contributed by atoms with Gasteiger partial charge in [0, 0.05) is 6.04 Å². The van der Waals surface area contributed by atoms with E-state index in [0.717, 1.165) is 6.42 Å². The van der Waals surface area contributed by atoms with E-state index in [1.165, 1.54) is 0 Å². The Morgan fingerprint density at radius 3 is 2.36 bits per heavy atom. The summed E-state index contributed by atoms with van der Waals surface area (Å²) in [6.07, 6.45) is -4.04. The van der Waals surface area contributed by atoms with Crippen molar-refractivity contribution in [2.75, 3.05) is 13.2 Å². The van der Waals surface area contributed by atoms with Crippen molar-refractivity contribution in [2.45, 2.75) is 38.1 Å². The molecule has 0 aliphatic heterocycles. The summed E-state index contributed by atoms with van der Waals surface area (Å²) in [5, 5.41) is 8.75. The van der Waals surface area contributed by atoms with Gasteiger partial charge in [0.05, 0.1) is 12.7 Å². The first kappa shape index (κ1) is 13.7. The summed E-state index contributed by atoms with van der Waals surface area (Å²) in [6.45, 7) is 0.00490. The van der Waals surface area contributed by atoms with Crippen molar-refractivity contribution in [3.8, 4) is 0 Å². The maximum atomic E-state index is 11.8. The summed E-state index contributed by atoms with van der Waals surface area (Å²) in [7, 11) is 0. The molecule has 0 fully saturated rings. The van der Waals surface area contributed by atoms with Crippen molar-refractivity contribution in [1.82, 2.24) is 0 Å². The molecule has 0 aliphatic rings. The molecular formula is C8H16F3NO2. The molecule has 86 valence electrons. The first-order chi connectivity index (χ1) is 6.40. The summed E-state index contributed by atoms with van der Waals surface area (Å²) < 4.78 is 39.7. The predicted octanol–water partition coefficient (Wildman–Crippen LogP) is 1.05. The Labute approximate surface area is 81.0 Å². The van der Waals surface area contributed by atoms with Gasteiger partial charge in [0.2, 0.25) is 0 Å². The molecule has 0 saturated heterocycles. The van der Waals surface area contributed by atoms with Gasteiger partial charge in [-0.1, -0.05) is 13.3 Å². The molecule has 2 atom stereocenters. The van der Waals surface area contributed by atoms with Gasteiger partial charge in [-0.2, -0.15) is 13.2 Å². The molecular weight excluding hydrogens is 199 g/mol. The van der Waals surface area contributed by atoms with Crippen LogP contribution in [0, 0.1) is 0 Å². The molecule has 0 saturated carbocycles. The third-order valence-electron chi connectivity index (χ3n) is 1.74. The van der Waals surface area contributed by atoms with Gasteiger partial charge in [-0.25, -0.2) is 0 Å². The average Bonchev–Trinajstić information content (AvgIpc) is 2.03. The second-order valence-corrected chi connectivity index (χ2v) is 3.10. The number of ether oxygens (including phenoxy) is 1. The fourth-order valence-corrected chi connectivity index (χ4v) is 1.03. The second kappa shape index (κ2) is 6.21. The van der Waals surface area contributed by atoms with Crippen molar-refractivity contribution in [3.63, 3.8) is 0 Å². The predicted molar refractivity (Wildman–Crippen MR) is 45.8 cm³/mol. The van der Waals surface area contributed by atoms with Crippen LogP contribution < -0.4 is 5.73 Å². The fourth-order valence-electron chi connectivity index (χ4n) is 1.03. The van der Waals surface area contributed by atoms with Gasteiger partial charge in [0.15, 0.2) is 0 Å². The third-order valence-corrected chi connectivity index (χ3v) is 1.74. The van der Waals surface area contributed by atoms with E-state index in [2.05, 4.69) is 4.74 Å². The quantitative estimate of drug-likeness (QED) is 0.696. The molecule has 0 spiro atoms. The zero-order valence-electron chi connectivity index (χ0n) is 8.05. The number of halogens is 3. The number of nitrogens with two attached hydrogens (primary N) is 1. The number of rotatable bonds is 6. The van der Waals surface area contributed by atoms with E-state index in [1.807, 2.05) is 6.92 Å². The van der Waals surface area contributed by atoms with E-state index >= 15 is 0 Å². The van der Waals surface area contributed by atoms with Gasteiger partial charge in [0.1, 0.15) is 6.61 Å². The van der Waals surface area contributed by atoms with Crippen LogP contribution in [-0.2, 0) is 4.74 Å². The van der Waals surface area contributed by atoms with Crippen LogP contribution in [0.3, 0.4) is 0 Å². The van der Waals surface area contributed by atoms with E-state index in [0.29, 0.717) is 6.42 Å². The normalized spacial score (nSPS) is 16.7. The van der Waals surface area contributed by atoms with E-state index in [1.54, 1.807) is 0 Å². The Balaban J connectivity index is 3.90. The summed E-state index contributed by atoms with van der Waals surface area (Å²) in [4.78, 5) is 0. The van der Waals surface area contributed by atoms with E-state index in [9.17, 15) is 13.2 Å². The summed E-state index contributed by atoms with van der Waals surface area (Å²) >= 11 is 0. The highest BCUT2D eigenvalue weighted by atomic mass is 19.4. The zero-order chi connectivity index (χ0) is 11.2. The van der Waals surface area contributed by atoms with Gasteiger partial charge in [-0.15, -0.1) is 0 Å². The lowest BCUT2D eigenvalue weighted by Crippen LogP contribution is -2.41. The van der Waals surface area contributed by atoms with Crippen LogP contribution in [0.5, 0.6) is 0 Å². The first-order valence-corrected chi connectivity index (χ1v) is 4.45. The van der Waals surface area contributed by atoms with Crippen molar-refractivity contribution in [2.24, 2.45) is 5.73 Å². The summed E-state index contributed by atoms with van der Waals surface area (Å²) in [6, 6.07) is -0.549. The highest BCUT2D eigenvalue weighted by Crippen LogP contribution is 2.16. The molecule has 0 aromatic heterocycles. The Bertz CT molecular complexity index is 152. The topological polar surface area (TPSA) is 55.5 Å². The third kappa shape index (κ3) is 6.17. The van der Waals surface area contributed by atoms with Crippen LogP contribution in [0.4, 0.5) is 13.2 Å². The molecule has 3 nitrogen and oxygen atoms in total. The molecule has 14 heavy (non-hydrogen) atoms. The lowest BCUT2D eigenvalue weighted by molar-refractivity contribution is -0.190. The second-order valence-electron chi connectivity index (χ2n) is 3.10. The minimum atomic E-state index is -4.38. The summed E-state index contributed by atoms with van der Waals surface area (Å²) in [5.41, 5.74) is 5.52. The van der Waals surface area contributed by atoms with Crippen LogP contribution in [0.2, 0.25) is 0 Å². The van der Waals surface area contributed by atoms with Gasteiger partial charge in [-0.05, 0) is 6.42 Å². The molecule has 2 unspecified atom stereocenters. The fraction of sp³-hybridized carbons (Fsp3) is 1.00. The van der Waals surface area contributed by atoms with Gasteiger partial charge >= 0.3 is 6.18 Å². The van der Waals surface area contributed by atoms with Crippen LogP contribution in [0.25, 0.3) is 0 Å². The summed E-state index contributed by atoms with van der Waals surface area (Å²) in [5.74, 6) is 0. The first-order valence-electron chi connectivity index (χ1n) is 4.45. The molecule has 0 radical (unpaired) electrons. The standard InChI is InChI=1S/C8H16F3NO2/c1-2-3-6(12)7(4-13)14-5-8(9,10)11/h6-7,13H,2-5,12H2,1H3. The molecule has 0 bridgehead atoms. The highest BCUT2D eigenvalue weighted by Gasteiger charge is 2.30. The number of aliphatic hydroxyl groups is 1. The average molecular weight is 215 g/mol. The van der Waals surface area contributed by atoms with Gasteiger partial charge in [-0.3, -0.25) is 0 Å². The maximum Gasteiger partial charge on any atom is 0.411 e. The smallest absolute Gasteiger partial charge is 0.394 e. The monoisotopic (exact) mass is 215 g/mol. The molecule has 0 aliphatic carbocycles. The van der Waals surface area contributed by atoms with E-state index in [-0.39, 0.29) is 0 Å². The Hall–Kier alpha value is -0.330. The molecule has 0 heterocycles. The minimum absolute atomic E-state index is 0.489. The maximum absolute atomic E-state index is 11.8. The van der Waals surface area contributed by atoms with Gasteiger partial charge < -0.3 is 15.6 Å². The zero-order valence-corrected chi connectivity index (χ0v) is 8.05. The number of hydrogen-bond donors (Lipinski definition) is 2. The number of aliphatic hydroxyl groups excluding tert-OH is 1. The molecule has 0 aromatic carbocycles. The Morgan fingerprint density at radius 2 is 2.00 bits per heavy atom. The van der Waals surface area contributed by atoms with Crippen molar-refractivity contribution in [3.05, 3.63) is 0 Å². The highest BCUT2D eigenvalue weighted by molar-refractivity contribution is 4.72. The van der Waals surface area contributed by atoms with E-state index < -0.39 is 31.5 Å². The van der Waals surface area contributed by atoms with Crippen LogP contribution in [0.1, 0.15) is 19.8 Å². The largest absolute Gasteiger partial charge is 0.411 e. The van der Waals surface area contributed by atoms with Gasteiger partial charge in [0.25, 0.3) is 0 Å². The number of alkyl halides is 3.